The van der Waals surface area contributed by atoms with Crippen LogP contribution in [0.2, 0.25) is 0 Å². The van der Waals surface area contributed by atoms with E-state index in [1.165, 1.54) is 24.3 Å². The number of alkyl halides is 3. The highest BCUT2D eigenvalue weighted by molar-refractivity contribution is 5.71. The van der Waals surface area contributed by atoms with E-state index in [2.05, 4.69) is 4.74 Å². The van der Waals surface area contributed by atoms with E-state index in [0.29, 0.717) is 0 Å². The molecule has 0 bridgehead atoms. The largest absolute Gasteiger partial charge is 0.573 e. The molecule has 0 fully saturated rings. The van der Waals surface area contributed by atoms with E-state index in [4.69, 9.17) is 0 Å². The van der Waals surface area contributed by atoms with Crippen molar-refractivity contribution in [2.24, 2.45) is 0 Å². The average Bonchev–Trinajstić information content (AvgIpc) is 2.31. The van der Waals surface area contributed by atoms with Crippen LogP contribution in [0.15, 0.2) is 42.5 Å². The van der Waals surface area contributed by atoms with E-state index in [1.807, 2.05) is 0 Å². The molecule has 0 aliphatic carbocycles. The predicted molar refractivity (Wildman–Crippen MR) is 60.2 cm³/mol. The van der Waals surface area contributed by atoms with Crippen molar-refractivity contribution in [3.63, 3.8) is 0 Å². The first-order chi connectivity index (χ1) is 8.87. The van der Waals surface area contributed by atoms with Gasteiger partial charge in [0, 0.05) is 5.56 Å². The molecule has 1 N–H and O–H groups in total. The Morgan fingerprint density at radius 2 is 1.68 bits per heavy atom. The van der Waals surface area contributed by atoms with Crippen molar-refractivity contribution in [1.82, 2.24) is 0 Å². The van der Waals surface area contributed by atoms with Crippen LogP contribution in [0.4, 0.5) is 17.6 Å². The summed E-state index contributed by atoms with van der Waals surface area (Å²) in [4.78, 5) is 0. The topological polar surface area (TPSA) is 29.5 Å². The lowest BCUT2D eigenvalue weighted by atomic mass is 10.0. The average molecular weight is 272 g/mol. The Labute approximate surface area is 105 Å². The molecule has 0 saturated heterocycles. The van der Waals surface area contributed by atoms with Crippen LogP contribution < -0.4 is 4.74 Å². The van der Waals surface area contributed by atoms with Gasteiger partial charge in [0.15, 0.2) is 11.6 Å². The monoisotopic (exact) mass is 272 g/mol. The number of hydrogen-bond acceptors (Lipinski definition) is 2. The third-order valence-electron chi connectivity index (χ3n) is 2.37. The molecule has 0 amide bonds. The minimum absolute atomic E-state index is 0.0904. The van der Waals surface area contributed by atoms with Gasteiger partial charge in [0.25, 0.3) is 0 Å². The van der Waals surface area contributed by atoms with E-state index in [1.54, 1.807) is 0 Å². The smallest absolute Gasteiger partial charge is 0.504 e. The van der Waals surface area contributed by atoms with Crippen LogP contribution in [-0.4, -0.2) is 11.5 Å². The summed E-state index contributed by atoms with van der Waals surface area (Å²) in [6, 6.07) is 8.75. The van der Waals surface area contributed by atoms with Crippen molar-refractivity contribution in [2.75, 3.05) is 0 Å². The Hall–Kier alpha value is -2.24. The lowest BCUT2D eigenvalue weighted by molar-refractivity contribution is -0.274. The molecule has 0 heterocycles. The molecule has 0 atom stereocenters. The van der Waals surface area contributed by atoms with Crippen LogP contribution in [0, 0.1) is 5.82 Å². The fraction of sp³-hybridized carbons (Fsp3) is 0.0769. The molecule has 0 aliphatic rings. The second-order valence-corrected chi connectivity index (χ2v) is 3.71. The Bertz CT molecular complexity index is 593. The lowest BCUT2D eigenvalue weighted by Gasteiger charge is -2.11. The van der Waals surface area contributed by atoms with Gasteiger partial charge < -0.3 is 9.84 Å². The normalized spacial score (nSPS) is 11.4. The van der Waals surface area contributed by atoms with E-state index in [-0.39, 0.29) is 11.1 Å². The first-order valence-corrected chi connectivity index (χ1v) is 5.20. The zero-order valence-electron chi connectivity index (χ0n) is 9.41. The van der Waals surface area contributed by atoms with Crippen molar-refractivity contribution in [2.45, 2.75) is 6.36 Å². The maximum Gasteiger partial charge on any atom is 0.573 e. The molecule has 0 unspecified atom stereocenters. The quantitative estimate of drug-likeness (QED) is 0.834. The molecule has 6 heteroatoms. The summed E-state index contributed by atoms with van der Waals surface area (Å²) < 4.78 is 53.2. The summed E-state index contributed by atoms with van der Waals surface area (Å²) in [6.45, 7) is 0. The molecule has 19 heavy (non-hydrogen) atoms. The summed E-state index contributed by atoms with van der Waals surface area (Å²) in [7, 11) is 0. The van der Waals surface area contributed by atoms with Gasteiger partial charge in [-0.2, -0.15) is 0 Å². The summed E-state index contributed by atoms with van der Waals surface area (Å²) >= 11 is 0. The minimum atomic E-state index is -4.80. The molecule has 100 valence electrons. The number of phenolic OH excluding ortho intramolecular Hbond substituents is 1. The minimum Gasteiger partial charge on any atom is -0.504 e. The molecule has 0 radical (unpaired) electrons. The summed E-state index contributed by atoms with van der Waals surface area (Å²) in [5.41, 5.74) is 0.311. The van der Waals surface area contributed by atoms with E-state index in [9.17, 15) is 22.7 Å². The number of rotatable bonds is 2. The van der Waals surface area contributed by atoms with Crippen molar-refractivity contribution in [1.29, 1.82) is 0 Å². The van der Waals surface area contributed by atoms with Crippen LogP contribution in [0.3, 0.4) is 0 Å². The Morgan fingerprint density at radius 1 is 1.00 bits per heavy atom. The van der Waals surface area contributed by atoms with E-state index >= 15 is 0 Å². The molecular weight excluding hydrogens is 264 g/mol. The molecule has 0 aromatic heterocycles. The molecular formula is C13H8F4O2. The summed E-state index contributed by atoms with van der Waals surface area (Å²) in [6.07, 6.45) is -4.80. The van der Waals surface area contributed by atoms with Crippen molar-refractivity contribution < 1.29 is 27.4 Å². The Morgan fingerprint density at radius 3 is 2.37 bits per heavy atom. The first kappa shape index (κ1) is 13.2. The molecule has 0 saturated carbocycles. The number of ether oxygens (including phenoxy) is 1. The second-order valence-electron chi connectivity index (χ2n) is 3.71. The maximum atomic E-state index is 13.2. The van der Waals surface area contributed by atoms with Crippen molar-refractivity contribution in [3.8, 4) is 22.6 Å². The highest BCUT2D eigenvalue weighted by Crippen LogP contribution is 2.34. The van der Waals surface area contributed by atoms with Gasteiger partial charge in [-0.1, -0.05) is 24.3 Å². The number of benzene rings is 2. The van der Waals surface area contributed by atoms with E-state index < -0.39 is 23.7 Å². The Kier molecular flexibility index (Phi) is 3.33. The summed E-state index contributed by atoms with van der Waals surface area (Å²) in [5.74, 6) is -1.90. The molecule has 0 aliphatic heterocycles. The fourth-order valence-electron chi connectivity index (χ4n) is 1.61. The van der Waals surface area contributed by atoms with Gasteiger partial charge in [0.2, 0.25) is 0 Å². The third-order valence-corrected chi connectivity index (χ3v) is 2.37. The summed E-state index contributed by atoms with van der Waals surface area (Å²) in [5, 5.41) is 9.54. The third kappa shape index (κ3) is 3.15. The van der Waals surface area contributed by atoms with Gasteiger partial charge >= 0.3 is 6.36 Å². The molecule has 2 aromatic rings. The zero-order valence-corrected chi connectivity index (χ0v) is 9.41. The van der Waals surface area contributed by atoms with Gasteiger partial charge in [-0.3, -0.25) is 0 Å². The van der Waals surface area contributed by atoms with Crippen LogP contribution >= 0.6 is 0 Å². The van der Waals surface area contributed by atoms with Crippen LogP contribution in [0.25, 0.3) is 11.1 Å². The van der Waals surface area contributed by atoms with Gasteiger partial charge in [-0.15, -0.1) is 13.2 Å². The maximum absolute atomic E-state index is 13.2. The molecule has 2 nitrogen and oxygen atoms in total. The Balaban J connectivity index is 2.41. The standard InChI is InChI=1S/C13H8F4O2/c14-11-6-2-5-10(12(11)18)8-3-1-4-9(7-8)19-13(15,16)17/h1-7,18H. The van der Waals surface area contributed by atoms with Crippen molar-refractivity contribution in [3.05, 3.63) is 48.3 Å². The molecule has 2 aromatic carbocycles. The predicted octanol–water partition coefficient (Wildman–Crippen LogP) is 4.10. The van der Waals surface area contributed by atoms with Gasteiger partial charge in [0.05, 0.1) is 0 Å². The molecule has 2 rings (SSSR count). The highest BCUT2D eigenvalue weighted by atomic mass is 19.4. The van der Waals surface area contributed by atoms with Crippen LogP contribution in [0.5, 0.6) is 11.5 Å². The lowest BCUT2D eigenvalue weighted by Crippen LogP contribution is -2.17. The number of para-hydroxylation sites is 1. The highest BCUT2D eigenvalue weighted by Gasteiger charge is 2.31. The van der Waals surface area contributed by atoms with Crippen LogP contribution in [0.1, 0.15) is 0 Å². The van der Waals surface area contributed by atoms with Gasteiger partial charge in [0.1, 0.15) is 5.75 Å². The SMILES string of the molecule is Oc1c(F)cccc1-c1cccc(OC(F)(F)F)c1. The van der Waals surface area contributed by atoms with Gasteiger partial charge in [-0.25, -0.2) is 4.39 Å². The fourth-order valence-corrected chi connectivity index (χ4v) is 1.61. The van der Waals surface area contributed by atoms with Crippen LogP contribution in [-0.2, 0) is 0 Å². The zero-order chi connectivity index (χ0) is 14.0. The number of halogens is 4. The number of phenols is 1. The molecule has 0 spiro atoms. The number of aromatic hydroxyl groups is 1. The van der Waals surface area contributed by atoms with Crippen molar-refractivity contribution >= 4 is 0 Å². The van der Waals surface area contributed by atoms with E-state index in [0.717, 1.165) is 18.2 Å². The first-order valence-electron chi connectivity index (χ1n) is 5.20. The van der Waals surface area contributed by atoms with Gasteiger partial charge in [-0.05, 0) is 23.8 Å². The second kappa shape index (κ2) is 4.79. The number of hydrogen-bond donors (Lipinski definition) is 1.